The monoisotopic (exact) mass is 492 g/mol. The second-order valence-electron chi connectivity index (χ2n) is 9.90. The molecule has 1 saturated carbocycles. The highest BCUT2D eigenvalue weighted by Gasteiger charge is 2.44. The molecule has 2 aliphatic heterocycles. The van der Waals surface area contributed by atoms with Gasteiger partial charge in [0.1, 0.15) is 22.6 Å². The Morgan fingerprint density at radius 1 is 1.03 bits per heavy atom. The van der Waals surface area contributed by atoms with Gasteiger partial charge >= 0.3 is 0 Å². The summed E-state index contributed by atoms with van der Waals surface area (Å²) in [5.41, 5.74) is 5.43. The van der Waals surface area contributed by atoms with E-state index in [1.807, 2.05) is 24.4 Å². The first kappa shape index (κ1) is 22.5. The van der Waals surface area contributed by atoms with Gasteiger partial charge in [0.15, 0.2) is 0 Å². The van der Waals surface area contributed by atoms with Crippen molar-refractivity contribution < 1.29 is 8.95 Å². The van der Waals surface area contributed by atoms with Crippen molar-refractivity contribution in [1.29, 1.82) is 0 Å². The molecule has 0 amide bonds. The van der Waals surface area contributed by atoms with Gasteiger partial charge in [-0.25, -0.2) is 14.2 Å². The minimum Gasteiger partial charge on any atom is -0.378 e. The van der Waals surface area contributed by atoms with Gasteiger partial charge in [0.25, 0.3) is 0 Å². The number of hydrogen-bond donors (Lipinski definition) is 2. The second-order valence-corrected chi connectivity index (χ2v) is 11.0. The summed E-state index contributed by atoms with van der Waals surface area (Å²) < 4.78 is 20.3. The second kappa shape index (κ2) is 9.28. The standard InChI is InChI=1S/C26H32N6O2S/c1-35(33)30-19-5-6-20(23(17-19)31-11-9-26(7-8-26)10-12-31)25-27-18-22(29-25)21-3-2-4-24(28-21)32-13-15-34-16-14-32/h2-6,17-18,30H,7-16H2,1H3,(H,27,29). The van der Waals surface area contributed by atoms with Crippen LogP contribution in [0.5, 0.6) is 0 Å². The summed E-state index contributed by atoms with van der Waals surface area (Å²) in [6.07, 6.45) is 8.76. The number of rotatable bonds is 6. The van der Waals surface area contributed by atoms with E-state index in [4.69, 9.17) is 14.7 Å². The summed E-state index contributed by atoms with van der Waals surface area (Å²) in [4.78, 5) is 17.9. The number of H-pyrrole nitrogens is 1. The highest BCUT2D eigenvalue weighted by molar-refractivity contribution is 7.85. The number of benzene rings is 1. The molecule has 9 heteroatoms. The van der Waals surface area contributed by atoms with Gasteiger partial charge in [-0.1, -0.05) is 6.07 Å². The Morgan fingerprint density at radius 2 is 1.83 bits per heavy atom. The van der Waals surface area contributed by atoms with Crippen LogP contribution in [0.1, 0.15) is 25.7 Å². The Balaban J connectivity index is 1.30. The van der Waals surface area contributed by atoms with Gasteiger partial charge in [-0.05, 0) is 61.4 Å². The summed E-state index contributed by atoms with van der Waals surface area (Å²) >= 11 is 0. The van der Waals surface area contributed by atoms with Crippen LogP contribution in [0, 0.1) is 5.41 Å². The molecule has 35 heavy (non-hydrogen) atoms. The van der Waals surface area contributed by atoms with Gasteiger partial charge in [-0.15, -0.1) is 0 Å². The Bertz CT molecular complexity index is 1220. The number of hydrogen-bond acceptors (Lipinski definition) is 6. The van der Waals surface area contributed by atoms with E-state index in [1.54, 1.807) is 6.26 Å². The molecule has 2 N–H and O–H groups in total. The molecule has 8 nitrogen and oxygen atoms in total. The van der Waals surface area contributed by atoms with Crippen molar-refractivity contribution in [2.24, 2.45) is 5.41 Å². The minimum absolute atomic E-state index is 0.604. The van der Waals surface area contributed by atoms with Gasteiger partial charge in [-0.3, -0.25) is 0 Å². The van der Waals surface area contributed by atoms with Crippen LogP contribution in [0.15, 0.2) is 42.6 Å². The van der Waals surface area contributed by atoms with Gasteiger partial charge < -0.3 is 24.2 Å². The predicted octanol–water partition coefficient (Wildman–Crippen LogP) is 4.06. The van der Waals surface area contributed by atoms with Crippen molar-refractivity contribution in [2.75, 3.05) is 60.2 Å². The van der Waals surface area contributed by atoms with Gasteiger partial charge in [0.05, 0.1) is 30.8 Å². The molecule has 3 aliphatic rings. The molecule has 2 aromatic heterocycles. The van der Waals surface area contributed by atoms with E-state index in [2.05, 4.69) is 37.7 Å². The number of piperidine rings is 1. The molecule has 3 aromatic rings. The molecule has 184 valence electrons. The molecule has 1 unspecified atom stereocenters. The van der Waals surface area contributed by atoms with Gasteiger partial charge in [0.2, 0.25) is 0 Å². The normalized spacial score (nSPS) is 20.1. The molecule has 3 fully saturated rings. The largest absolute Gasteiger partial charge is 0.378 e. The van der Waals surface area contributed by atoms with Crippen molar-refractivity contribution in [3.05, 3.63) is 42.6 Å². The highest BCUT2D eigenvalue weighted by Crippen LogP contribution is 2.54. The molecular formula is C26H32N6O2S. The minimum atomic E-state index is -1.12. The van der Waals surface area contributed by atoms with E-state index in [0.29, 0.717) is 5.41 Å². The number of nitrogens with one attached hydrogen (secondary N) is 2. The number of nitrogens with zero attached hydrogens (tertiary/aromatic N) is 4. The first-order valence-electron chi connectivity index (χ1n) is 12.4. The van der Waals surface area contributed by atoms with Crippen LogP contribution in [-0.4, -0.2) is 64.8 Å². The third-order valence-corrected chi connectivity index (χ3v) is 8.08. The summed E-state index contributed by atoms with van der Waals surface area (Å²) in [6, 6.07) is 12.3. The average Bonchev–Trinajstić information content (AvgIpc) is 3.45. The van der Waals surface area contributed by atoms with Crippen LogP contribution in [0.2, 0.25) is 0 Å². The molecular weight excluding hydrogens is 460 g/mol. The van der Waals surface area contributed by atoms with Crippen LogP contribution in [-0.2, 0) is 15.7 Å². The summed E-state index contributed by atoms with van der Waals surface area (Å²) in [5, 5.41) is 0. The SMILES string of the molecule is CS(=O)Nc1ccc(-c2ncc(-c3cccc(N4CCOCC4)n3)[nH]2)c(N2CCC3(CC2)CC3)c1. The first-order chi connectivity index (χ1) is 17.1. The Hall–Kier alpha value is -2.91. The zero-order valence-electron chi connectivity index (χ0n) is 20.1. The number of aromatic amines is 1. The van der Waals surface area contributed by atoms with Crippen molar-refractivity contribution in [1.82, 2.24) is 15.0 Å². The number of morpholine rings is 1. The zero-order valence-corrected chi connectivity index (χ0v) is 20.9. The third kappa shape index (κ3) is 4.79. The Morgan fingerprint density at radius 3 is 2.57 bits per heavy atom. The van der Waals surface area contributed by atoms with Crippen LogP contribution in [0.25, 0.3) is 22.8 Å². The maximum Gasteiger partial charge on any atom is 0.139 e. The molecule has 1 spiro atoms. The fourth-order valence-electron chi connectivity index (χ4n) is 5.25. The fourth-order valence-corrected chi connectivity index (χ4v) is 5.71. The van der Waals surface area contributed by atoms with Crippen molar-refractivity contribution in [3.8, 4) is 22.8 Å². The van der Waals surface area contributed by atoms with Crippen molar-refractivity contribution in [2.45, 2.75) is 25.7 Å². The number of pyridine rings is 1. The predicted molar refractivity (Wildman–Crippen MR) is 141 cm³/mol. The maximum atomic E-state index is 11.8. The smallest absolute Gasteiger partial charge is 0.139 e. The lowest BCUT2D eigenvalue weighted by atomic mass is 9.93. The first-order valence-corrected chi connectivity index (χ1v) is 14.0. The van der Waals surface area contributed by atoms with E-state index in [9.17, 15) is 4.21 Å². The lowest BCUT2D eigenvalue weighted by molar-refractivity contribution is 0.122. The molecule has 2 saturated heterocycles. The Kier molecular flexibility index (Phi) is 5.98. The molecule has 0 radical (unpaired) electrons. The maximum absolute atomic E-state index is 11.8. The molecule has 0 bridgehead atoms. The number of anilines is 3. The third-order valence-electron chi connectivity index (χ3n) is 7.56. The number of imidazole rings is 1. The number of ether oxygens (including phenoxy) is 1. The van der Waals surface area contributed by atoms with E-state index in [-0.39, 0.29) is 0 Å². The fraction of sp³-hybridized carbons (Fsp3) is 0.462. The zero-order chi connectivity index (χ0) is 23.8. The summed E-state index contributed by atoms with van der Waals surface area (Å²) in [5.74, 6) is 1.79. The molecule has 4 heterocycles. The topological polar surface area (TPSA) is 86.4 Å². The molecule has 6 rings (SSSR count). The lowest BCUT2D eigenvalue weighted by Crippen LogP contribution is -2.36. The summed E-state index contributed by atoms with van der Waals surface area (Å²) in [7, 11) is -1.12. The van der Waals surface area contributed by atoms with Crippen LogP contribution < -0.4 is 14.5 Å². The number of aromatic nitrogens is 3. The van der Waals surface area contributed by atoms with E-state index in [1.165, 1.54) is 25.7 Å². The van der Waals surface area contributed by atoms with E-state index >= 15 is 0 Å². The van der Waals surface area contributed by atoms with E-state index in [0.717, 1.165) is 79.4 Å². The summed E-state index contributed by atoms with van der Waals surface area (Å²) in [6.45, 7) is 5.26. The molecule has 1 atom stereocenters. The molecule has 1 aromatic carbocycles. The van der Waals surface area contributed by atoms with Crippen LogP contribution in [0.3, 0.4) is 0 Å². The van der Waals surface area contributed by atoms with Crippen LogP contribution in [0.4, 0.5) is 17.2 Å². The highest BCUT2D eigenvalue weighted by atomic mass is 32.2. The van der Waals surface area contributed by atoms with Crippen molar-refractivity contribution >= 4 is 28.2 Å². The van der Waals surface area contributed by atoms with Crippen molar-refractivity contribution in [3.63, 3.8) is 0 Å². The van der Waals surface area contributed by atoms with Gasteiger partial charge in [0, 0.05) is 49.4 Å². The van der Waals surface area contributed by atoms with Crippen LogP contribution >= 0.6 is 0 Å². The Labute approximate surface area is 208 Å². The lowest BCUT2D eigenvalue weighted by Gasteiger charge is -2.35. The quantitative estimate of drug-likeness (QED) is 0.540. The van der Waals surface area contributed by atoms with Gasteiger partial charge in [-0.2, -0.15) is 0 Å². The van der Waals surface area contributed by atoms with E-state index < -0.39 is 11.0 Å². The molecule has 1 aliphatic carbocycles. The average molecular weight is 493 g/mol.